The summed E-state index contributed by atoms with van der Waals surface area (Å²) in [6.45, 7) is 8.99. The number of hydrogen-bond donors (Lipinski definition) is 3. The zero-order valence-corrected chi connectivity index (χ0v) is 39.6. The summed E-state index contributed by atoms with van der Waals surface area (Å²) in [7, 11) is 4.60. The number of carbonyl (C=O) groups is 5. The van der Waals surface area contributed by atoms with Crippen LogP contribution in [0.1, 0.15) is 128 Å². The fraction of sp³-hybridized carbons (Fsp3) is 0.667. The zero-order chi connectivity index (χ0) is 47.6. The second-order valence-corrected chi connectivity index (χ2v) is 19.1. The molecular formula is C51H73NO13. The van der Waals surface area contributed by atoms with E-state index in [0.717, 1.165) is 11.1 Å². The number of amides is 1. The smallest absolute Gasteiger partial charge is 0.329 e. The number of nitrogens with zero attached hydrogens (tertiary/aromatic N) is 1. The van der Waals surface area contributed by atoms with Gasteiger partial charge in [0.15, 0.2) is 5.78 Å². The molecule has 1 saturated carbocycles. The lowest BCUT2D eigenvalue weighted by Gasteiger charge is -2.47. The van der Waals surface area contributed by atoms with E-state index in [0.29, 0.717) is 62.5 Å². The van der Waals surface area contributed by atoms with Crippen molar-refractivity contribution in [2.24, 2.45) is 23.7 Å². The number of allylic oxidation sites excluding steroid dienone is 4. The first kappa shape index (κ1) is 52.1. The predicted octanol–water partition coefficient (Wildman–Crippen LogP) is 6.12. The van der Waals surface area contributed by atoms with Crippen LogP contribution in [0.5, 0.6) is 0 Å². The summed E-state index contributed by atoms with van der Waals surface area (Å²) in [6.07, 6.45) is 6.52. The molecule has 2 bridgehead atoms. The Balaban J connectivity index is 1.52. The Morgan fingerprint density at radius 1 is 0.877 bits per heavy atom. The van der Waals surface area contributed by atoms with Gasteiger partial charge in [0.1, 0.15) is 24.0 Å². The number of hydrogen-bond acceptors (Lipinski definition) is 13. The van der Waals surface area contributed by atoms with Crippen molar-refractivity contribution in [3.8, 4) is 0 Å². The van der Waals surface area contributed by atoms with Crippen molar-refractivity contribution in [3.05, 3.63) is 64.8 Å². The molecule has 0 radical (unpaired) electrons. The maximum absolute atomic E-state index is 14.3. The fourth-order valence-corrected chi connectivity index (χ4v) is 10.1. The van der Waals surface area contributed by atoms with Crippen LogP contribution in [0.3, 0.4) is 0 Å². The van der Waals surface area contributed by atoms with Gasteiger partial charge in [0.2, 0.25) is 5.79 Å². The quantitative estimate of drug-likeness (QED) is 0.111. The van der Waals surface area contributed by atoms with E-state index in [1.165, 1.54) is 26.0 Å². The molecule has 0 aromatic heterocycles. The van der Waals surface area contributed by atoms with E-state index < -0.39 is 77.9 Å². The molecule has 5 rings (SSSR count). The molecule has 2 saturated heterocycles. The molecule has 65 heavy (non-hydrogen) atoms. The molecule has 1 aromatic carbocycles. The Morgan fingerprint density at radius 3 is 2.22 bits per heavy atom. The topological polar surface area (TPSA) is 195 Å². The number of aliphatic hydroxyl groups excluding tert-OH is 2. The van der Waals surface area contributed by atoms with Crippen LogP contribution in [0.4, 0.5) is 0 Å². The van der Waals surface area contributed by atoms with Crippen LogP contribution in [0.25, 0.3) is 6.08 Å². The van der Waals surface area contributed by atoms with Crippen molar-refractivity contribution in [3.63, 3.8) is 0 Å². The van der Waals surface area contributed by atoms with E-state index in [-0.39, 0.29) is 61.7 Å². The summed E-state index contributed by atoms with van der Waals surface area (Å²) in [5.41, 5.74) is 3.02. The van der Waals surface area contributed by atoms with Gasteiger partial charge >= 0.3 is 5.97 Å². The number of ketones is 3. The molecule has 3 heterocycles. The van der Waals surface area contributed by atoms with E-state index in [2.05, 4.69) is 0 Å². The van der Waals surface area contributed by atoms with Crippen LogP contribution >= 0.6 is 0 Å². The van der Waals surface area contributed by atoms with Gasteiger partial charge < -0.3 is 43.9 Å². The van der Waals surface area contributed by atoms with Crippen molar-refractivity contribution in [1.29, 1.82) is 0 Å². The number of benzene rings is 1. The van der Waals surface area contributed by atoms with E-state index in [9.17, 15) is 39.3 Å². The third kappa shape index (κ3) is 13.4. The van der Waals surface area contributed by atoms with Crippen LogP contribution in [0.2, 0.25) is 0 Å². The third-order valence-corrected chi connectivity index (χ3v) is 14.0. The highest BCUT2D eigenvalue weighted by atomic mass is 16.7. The predicted molar refractivity (Wildman–Crippen MR) is 243 cm³/mol. The monoisotopic (exact) mass is 908 g/mol. The van der Waals surface area contributed by atoms with Gasteiger partial charge in [0.25, 0.3) is 11.7 Å². The van der Waals surface area contributed by atoms with Crippen LogP contribution in [-0.2, 0) is 42.9 Å². The average Bonchev–Trinajstić information content (AvgIpc) is 3.28. The minimum atomic E-state index is -2.53. The number of aliphatic hydroxyl groups is 3. The largest absolute Gasteiger partial charge is 0.456 e. The van der Waals surface area contributed by atoms with Gasteiger partial charge in [0.05, 0.1) is 30.5 Å². The zero-order valence-electron chi connectivity index (χ0n) is 39.6. The van der Waals surface area contributed by atoms with Crippen molar-refractivity contribution >= 4 is 35.3 Å². The van der Waals surface area contributed by atoms with Gasteiger partial charge in [-0.3, -0.25) is 19.2 Å². The standard InChI is InChI=1S/C51H73NO13/c1-30-22-31(2)24-45(62-7)47-46(63-8)26-33(4)51(60,65-47)48(57)49(58)52-21-10-9-14-40(52)50(59)64-43(32(3)25-36-17-20-41(55)44(27-36)61-6)29-39(54)28-42(56)38(23-30)13-11-12-35-15-18-37(19-16-35)34(5)53/h11-12,15-16,18-19,23,25,31,33,36,38-41,43-47,54-55,60H,9-10,13-14,17,20-22,24,26-29H2,1-8H3/b12-11+,30-23+,32-25+/t31-,33+,36-,38?,39-,40-,41+,43-,44+,45-,46-,47?,51+/m0/s1. The fourth-order valence-electron chi connectivity index (χ4n) is 10.1. The third-order valence-electron chi connectivity index (χ3n) is 14.0. The Hall–Kier alpha value is -3.89. The number of cyclic esters (lactones) is 1. The number of rotatable bonds is 9. The lowest BCUT2D eigenvalue weighted by molar-refractivity contribution is -0.302. The highest BCUT2D eigenvalue weighted by Gasteiger charge is 2.56. The number of fused-ring (bicyclic) bond motifs is 3. The molecule has 1 amide bonds. The minimum Gasteiger partial charge on any atom is -0.456 e. The van der Waals surface area contributed by atoms with E-state index in [1.807, 2.05) is 50.3 Å². The van der Waals surface area contributed by atoms with Crippen molar-refractivity contribution in [2.45, 2.75) is 166 Å². The SMILES string of the molecule is CO[C@H]1C[C@@H](C)C/C(C)=C/C(C/C=C/c2ccc(C(C)=O)cc2)C(=O)C[C@H](O)C[C@@H](/C(C)=C/[C@@H]2CC[C@@H](O)[C@H](OC)C2)OC(=O)[C@@H]2CCCCN2C(=O)C(=O)[C@]2(O)OC1[C@@H](OC)C[C@H]2C. The number of Topliss-reactive ketones (excluding diaryl/α,β-unsaturated/α-hetero) is 3. The average molecular weight is 908 g/mol. The minimum absolute atomic E-state index is 0.0286. The lowest BCUT2D eigenvalue weighted by atomic mass is 9.82. The molecule has 1 aliphatic carbocycles. The normalized spacial score (nSPS) is 36.3. The maximum atomic E-state index is 14.3. The molecule has 3 aliphatic heterocycles. The molecule has 3 N–H and O–H groups in total. The highest BCUT2D eigenvalue weighted by Crippen LogP contribution is 2.39. The summed E-state index contributed by atoms with van der Waals surface area (Å²) in [5, 5.41) is 34.3. The first-order chi connectivity index (χ1) is 30.9. The molecule has 3 fully saturated rings. The number of piperidine rings is 1. The molecule has 14 heteroatoms. The number of methoxy groups -OCH3 is 3. The molecule has 2 unspecified atom stereocenters. The van der Waals surface area contributed by atoms with Crippen LogP contribution < -0.4 is 0 Å². The second-order valence-electron chi connectivity index (χ2n) is 19.1. The van der Waals surface area contributed by atoms with Crippen LogP contribution in [-0.4, -0.2) is 132 Å². The van der Waals surface area contributed by atoms with Crippen LogP contribution in [0.15, 0.2) is 53.6 Å². The summed E-state index contributed by atoms with van der Waals surface area (Å²) < 4.78 is 29.9. The number of ether oxygens (including phenoxy) is 5. The van der Waals surface area contributed by atoms with Gasteiger partial charge in [-0.2, -0.15) is 0 Å². The second kappa shape index (κ2) is 23.7. The molecule has 0 spiro atoms. The first-order valence-electron chi connectivity index (χ1n) is 23.4. The Labute approximate surface area is 384 Å². The molecule has 14 nitrogen and oxygen atoms in total. The van der Waals surface area contributed by atoms with E-state index in [1.54, 1.807) is 33.1 Å². The molecule has 360 valence electrons. The molecule has 1 aromatic rings. The van der Waals surface area contributed by atoms with E-state index in [4.69, 9.17) is 23.7 Å². The summed E-state index contributed by atoms with van der Waals surface area (Å²) >= 11 is 0. The van der Waals surface area contributed by atoms with Crippen molar-refractivity contribution in [1.82, 2.24) is 4.90 Å². The first-order valence-corrected chi connectivity index (χ1v) is 23.4. The molecular weight excluding hydrogens is 835 g/mol. The Morgan fingerprint density at radius 2 is 1.55 bits per heavy atom. The van der Waals surface area contributed by atoms with Crippen LogP contribution in [0, 0.1) is 23.7 Å². The molecule has 13 atom stereocenters. The van der Waals surface area contributed by atoms with E-state index >= 15 is 0 Å². The Bertz CT molecular complexity index is 1910. The summed E-state index contributed by atoms with van der Waals surface area (Å²) in [4.78, 5) is 70.2. The van der Waals surface area contributed by atoms with Gasteiger partial charge in [-0.15, -0.1) is 0 Å². The molecule has 4 aliphatic rings. The lowest BCUT2D eigenvalue weighted by Crippen LogP contribution is -2.64. The van der Waals surface area contributed by atoms with Gasteiger partial charge in [-0.1, -0.05) is 68.0 Å². The number of esters is 1. The van der Waals surface area contributed by atoms with Gasteiger partial charge in [-0.05, 0) is 108 Å². The highest BCUT2D eigenvalue weighted by molar-refractivity contribution is 6.39. The summed E-state index contributed by atoms with van der Waals surface area (Å²) in [5.74, 6) is -7.30. The Kier molecular flexibility index (Phi) is 19.0. The maximum Gasteiger partial charge on any atom is 0.329 e. The van der Waals surface area contributed by atoms with Crippen molar-refractivity contribution in [2.75, 3.05) is 27.9 Å². The van der Waals surface area contributed by atoms with Gasteiger partial charge in [-0.25, -0.2) is 4.79 Å². The van der Waals surface area contributed by atoms with Crippen molar-refractivity contribution < 1.29 is 63.0 Å². The number of carbonyl (C=O) groups excluding carboxylic acids is 5. The summed E-state index contributed by atoms with van der Waals surface area (Å²) in [6, 6.07) is 6.04. The van der Waals surface area contributed by atoms with Gasteiger partial charge in [0, 0.05) is 58.1 Å².